The highest BCUT2D eigenvalue weighted by Crippen LogP contribution is 2.36. The summed E-state index contributed by atoms with van der Waals surface area (Å²) in [6.07, 6.45) is 3.07. The Morgan fingerprint density at radius 1 is 1.00 bits per heavy atom. The molecule has 9 nitrogen and oxygen atoms in total. The fourth-order valence-corrected chi connectivity index (χ4v) is 6.42. The Balaban J connectivity index is 1.35. The number of fused-ring (bicyclic) bond motifs is 1. The van der Waals surface area contributed by atoms with E-state index in [4.69, 9.17) is 9.47 Å². The van der Waals surface area contributed by atoms with Gasteiger partial charge < -0.3 is 19.1 Å². The van der Waals surface area contributed by atoms with Gasteiger partial charge in [-0.25, -0.2) is 8.42 Å². The van der Waals surface area contributed by atoms with Gasteiger partial charge in [0.1, 0.15) is 23.7 Å². The molecule has 10 heteroatoms. The number of rotatable bonds is 9. The van der Waals surface area contributed by atoms with Crippen LogP contribution in [-0.4, -0.2) is 52.5 Å². The van der Waals surface area contributed by atoms with Crippen molar-refractivity contribution < 1.29 is 27.8 Å². The molecule has 0 radical (unpaired) electrons. The summed E-state index contributed by atoms with van der Waals surface area (Å²) >= 11 is 0. The Kier molecular flexibility index (Phi) is 7.58. The number of benzene rings is 2. The van der Waals surface area contributed by atoms with Crippen LogP contribution in [0.1, 0.15) is 38.2 Å². The van der Waals surface area contributed by atoms with Gasteiger partial charge in [0, 0.05) is 30.7 Å². The smallest absolute Gasteiger partial charge is 0.323 e. The topological polar surface area (TPSA) is 111 Å². The molecule has 39 heavy (non-hydrogen) atoms. The largest absolute Gasteiger partial charge is 0.491 e. The monoisotopic (exact) mass is 549 g/mol. The van der Waals surface area contributed by atoms with Crippen LogP contribution in [0.15, 0.2) is 77.8 Å². The number of aliphatic carboxylic acids is 1. The van der Waals surface area contributed by atoms with Crippen molar-refractivity contribution in [3.63, 3.8) is 0 Å². The van der Waals surface area contributed by atoms with Gasteiger partial charge in [-0.15, -0.1) is 0 Å². The lowest BCUT2D eigenvalue weighted by Gasteiger charge is -2.31. The molecule has 0 atom stereocenters. The van der Waals surface area contributed by atoms with Crippen LogP contribution in [0.25, 0.3) is 11.0 Å². The standard InChI is InChI=1S/C29H31N3O6S/c1-20(2)37-23-8-10-24(11-9-23)39(35,36)32-16-14-21(15-17-32)26-18-31(19-28(33)34)29-25(26)12-13-27(30-29)38-22-6-4-3-5-7-22/h3-13,18,20-21H,14-17,19H2,1-2H3,(H,33,34). The maximum Gasteiger partial charge on any atom is 0.323 e. The number of aromatic nitrogens is 2. The highest BCUT2D eigenvalue weighted by atomic mass is 32.2. The Bertz CT molecular complexity index is 1560. The minimum absolute atomic E-state index is 0.00565. The molecular weight excluding hydrogens is 518 g/mol. The predicted octanol–water partition coefficient (Wildman–Crippen LogP) is 5.27. The van der Waals surface area contributed by atoms with Gasteiger partial charge in [-0.2, -0.15) is 9.29 Å². The van der Waals surface area contributed by atoms with Crippen LogP contribution in [0.2, 0.25) is 0 Å². The molecule has 204 valence electrons. The molecule has 0 amide bonds. The number of carboxylic acid groups (broad SMARTS) is 1. The van der Waals surface area contributed by atoms with Crippen molar-refractivity contribution in [2.75, 3.05) is 13.1 Å². The summed E-state index contributed by atoms with van der Waals surface area (Å²) in [7, 11) is -3.64. The quantitative estimate of drug-likeness (QED) is 0.303. The lowest BCUT2D eigenvalue weighted by molar-refractivity contribution is -0.137. The van der Waals surface area contributed by atoms with Gasteiger partial charge in [-0.1, -0.05) is 18.2 Å². The molecule has 0 bridgehead atoms. The second-order valence-electron chi connectivity index (χ2n) is 9.86. The van der Waals surface area contributed by atoms with Gasteiger partial charge in [0.15, 0.2) is 0 Å². The number of hydrogen-bond donors (Lipinski definition) is 1. The first-order chi connectivity index (χ1) is 18.7. The molecule has 0 aliphatic carbocycles. The Morgan fingerprint density at radius 3 is 2.33 bits per heavy atom. The maximum absolute atomic E-state index is 13.3. The second kappa shape index (κ2) is 11.1. The van der Waals surface area contributed by atoms with E-state index in [1.165, 1.54) is 4.31 Å². The number of para-hydroxylation sites is 1. The number of carboxylic acids is 1. The summed E-state index contributed by atoms with van der Waals surface area (Å²) in [6, 6.07) is 19.5. The first-order valence-corrected chi connectivity index (χ1v) is 14.4. The first-order valence-electron chi connectivity index (χ1n) is 12.9. The van der Waals surface area contributed by atoms with Gasteiger partial charge in [0.05, 0.1) is 11.0 Å². The van der Waals surface area contributed by atoms with E-state index >= 15 is 0 Å². The van der Waals surface area contributed by atoms with E-state index in [1.807, 2.05) is 56.4 Å². The van der Waals surface area contributed by atoms with Gasteiger partial charge >= 0.3 is 5.97 Å². The van der Waals surface area contributed by atoms with Gasteiger partial charge in [-0.3, -0.25) is 4.79 Å². The van der Waals surface area contributed by atoms with Crippen LogP contribution in [-0.2, 0) is 21.4 Å². The zero-order valence-corrected chi connectivity index (χ0v) is 22.7. The molecule has 0 unspecified atom stereocenters. The maximum atomic E-state index is 13.3. The molecule has 1 aliphatic rings. The minimum atomic E-state index is -3.64. The SMILES string of the molecule is CC(C)Oc1ccc(S(=O)(=O)N2CCC(c3cn(CC(=O)O)c4nc(Oc5ccccc5)ccc34)CC2)cc1. The third-order valence-corrected chi connectivity index (χ3v) is 8.64. The highest BCUT2D eigenvalue weighted by Gasteiger charge is 2.31. The molecule has 1 aliphatic heterocycles. The van der Waals surface area contributed by atoms with Crippen LogP contribution in [0.4, 0.5) is 0 Å². The average molecular weight is 550 g/mol. The fourth-order valence-electron chi connectivity index (χ4n) is 4.95. The van der Waals surface area contributed by atoms with E-state index in [1.54, 1.807) is 34.9 Å². The molecule has 4 aromatic rings. The molecule has 3 heterocycles. The molecule has 2 aromatic heterocycles. The van der Waals surface area contributed by atoms with Gasteiger partial charge in [-0.05, 0) is 80.6 Å². The Labute approximate surface area is 227 Å². The second-order valence-corrected chi connectivity index (χ2v) is 11.8. The van der Waals surface area contributed by atoms with Crippen molar-refractivity contribution in [3.8, 4) is 17.4 Å². The van der Waals surface area contributed by atoms with Crippen LogP contribution in [0.3, 0.4) is 0 Å². The molecule has 2 aromatic carbocycles. The fraction of sp³-hybridized carbons (Fsp3) is 0.310. The van der Waals surface area contributed by atoms with E-state index in [-0.39, 0.29) is 23.5 Å². The van der Waals surface area contributed by atoms with E-state index in [0.717, 1.165) is 10.9 Å². The third kappa shape index (κ3) is 5.91. The van der Waals surface area contributed by atoms with Crippen molar-refractivity contribution in [1.29, 1.82) is 0 Å². The lowest BCUT2D eigenvalue weighted by atomic mass is 9.90. The number of hydrogen-bond acceptors (Lipinski definition) is 6. The summed E-state index contributed by atoms with van der Waals surface area (Å²) in [5.41, 5.74) is 1.50. The van der Waals surface area contributed by atoms with Crippen LogP contribution >= 0.6 is 0 Å². The van der Waals surface area contributed by atoms with E-state index in [0.29, 0.717) is 49.0 Å². The summed E-state index contributed by atoms with van der Waals surface area (Å²) in [6.45, 7) is 4.34. The molecule has 1 fully saturated rings. The summed E-state index contributed by atoms with van der Waals surface area (Å²) in [5, 5.41) is 10.3. The molecule has 0 saturated carbocycles. The van der Waals surface area contributed by atoms with E-state index in [9.17, 15) is 18.3 Å². The van der Waals surface area contributed by atoms with Crippen molar-refractivity contribution in [1.82, 2.24) is 13.9 Å². The highest BCUT2D eigenvalue weighted by molar-refractivity contribution is 7.89. The summed E-state index contributed by atoms with van der Waals surface area (Å²) in [4.78, 5) is 16.4. The Morgan fingerprint density at radius 2 is 1.69 bits per heavy atom. The van der Waals surface area contributed by atoms with Crippen molar-refractivity contribution in [2.45, 2.75) is 50.2 Å². The number of piperidine rings is 1. The van der Waals surface area contributed by atoms with Gasteiger partial charge in [0.2, 0.25) is 15.9 Å². The lowest BCUT2D eigenvalue weighted by Crippen LogP contribution is -2.37. The summed E-state index contributed by atoms with van der Waals surface area (Å²) < 4.78 is 41.2. The van der Waals surface area contributed by atoms with E-state index in [2.05, 4.69) is 4.98 Å². The number of ether oxygens (including phenoxy) is 2. The molecule has 5 rings (SSSR count). The van der Waals surface area contributed by atoms with E-state index < -0.39 is 16.0 Å². The number of nitrogens with zero attached hydrogens (tertiary/aromatic N) is 3. The number of carbonyl (C=O) groups is 1. The Hall–Kier alpha value is -3.89. The van der Waals surface area contributed by atoms with Crippen molar-refractivity contribution >= 4 is 27.0 Å². The number of pyridine rings is 1. The molecular formula is C29H31N3O6S. The van der Waals surface area contributed by atoms with Crippen LogP contribution in [0, 0.1) is 0 Å². The normalized spacial score (nSPS) is 15.1. The van der Waals surface area contributed by atoms with Gasteiger partial charge in [0.25, 0.3) is 0 Å². The van der Waals surface area contributed by atoms with Crippen LogP contribution in [0.5, 0.6) is 17.4 Å². The zero-order valence-electron chi connectivity index (χ0n) is 21.9. The third-order valence-electron chi connectivity index (χ3n) is 6.73. The average Bonchev–Trinajstić information content (AvgIpc) is 3.26. The summed E-state index contributed by atoms with van der Waals surface area (Å²) in [5.74, 6) is 0.734. The number of sulfonamides is 1. The molecule has 1 N–H and O–H groups in total. The minimum Gasteiger partial charge on any atom is -0.491 e. The first kappa shape index (κ1) is 26.7. The predicted molar refractivity (Wildman–Crippen MR) is 147 cm³/mol. The molecule has 0 spiro atoms. The van der Waals surface area contributed by atoms with Crippen molar-refractivity contribution in [3.05, 3.63) is 78.5 Å². The molecule has 1 saturated heterocycles. The van der Waals surface area contributed by atoms with Crippen LogP contribution < -0.4 is 9.47 Å². The van der Waals surface area contributed by atoms with Crippen molar-refractivity contribution in [2.24, 2.45) is 0 Å². The zero-order chi connectivity index (χ0) is 27.6.